The predicted molar refractivity (Wildman–Crippen MR) is 214 cm³/mol. The molecule has 3 aromatic rings. The highest BCUT2D eigenvalue weighted by Gasteiger charge is 2.48. The molecule has 0 saturated heterocycles. The van der Waals surface area contributed by atoms with Crippen molar-refractivity contribution in [2.24, 2.45) is 29.1 Å². The lowest BCUT2D eigenvalue weighted by molar-refractivity contribution is -0.135. The second-order valence-electron chi connectivity index (χ2n) is 16.0. The zero-order chi connectivity index (χ0) is 37.7. The molecular weight excluding hydrogens is 665 g/mol. The van der Waals surface area contributed by atoms with E-state index in [9.17, 15) is 19.2 Å². The molecule has 4 rings (SSSR count). The molecule has 1 saturated carbocycles. The van der Waals surface area contributed by atoms with Crippen LogP contribution in [0.15, 0.2) is 91.0 Å². The van der Waals surface area contributed by atoms with Gasteiger partial charge in [0.05, 0.1) is 12.1 Å². The quantitative estimate of drug-likeness (QED) is 0.102. The van der Waals surface area contributed by atoms with Crippen LogP contribution < -0.4 is 10.6 Å². The Balaban J connectivity index is 1.53. The van der Waals surface area contributed by atoms with E-state index in [-0.39, 0.29) is 47.1 Å². The topological polar surface area (TPSA) is 92.3 Å². The number of amides is 2. The fourth-order valence-corrected chi connectivity index (χ4v) is 7.27. The summed E-state index contributed by atoms with van der Waals surface area (Å²) in [4.78, 5) is 56.8. The van der Waals surface area contributed by atoms with Crippen LogP contribution in [0.1, 0.15) is 96.3 Å². The maximum Gasteiger partial charge on any atom is 0.224 e. The summed E-state index contributed by atoms with van der Waals surface area (Å²) >= 11 is 5.84. The van der Waals surface area contributed by atoms with Gasteiger partial charge in [-0.3, -0.25) is 19.2 Å². The molecule has 1 aliphatic rings. The van der Waals surface area contributed by atoms with E-state index in [0.717, 1.165) is 34.4 Å². The van der Waals surface area contributed by atoms with Gasteiger partial charge in [0.2, 0.25) is 11.8 Å². The summed E-state index contributed by atoms with van der Waals surface area (Å²) in [6, 6.07) is 28.4. The SMILES string of the molecule is CC(C)C[C@H](NC(=O)C(CCc1ccccc1)CC(=S)Cc1ccccc1)C(=O)C[C@@H](Cc1ccccc1)C(=O)N[C@@H](CC(C)C)C(=O)C1(C)CC1. The Kier molecular flexibility index (Phi) is 15.5. The minimum Gasteiger partial charge on any atom is -0.346 e. The molecule has 0 aromatic heterocycles. The van der Waals surface area contributed by atoms with Gasteiger partial charge in [-0.25, -0.2) is 0 Å². The number of nitrogens with one attached hydrogen (secondary N) is 2. The summed E-state index contributed by atoms with van der Waals surface area (Å²) in [5.74, 6) is -1.32. The molecule has 1 unspecified atom stereocenters. The van der Waals surface area contributed by atoms with Gasteiger partial charge in [-0.05, 0) is 84.8 Å². The van der Waals surface area contributed by atoms with Crippen LogP contribution in [-0.2, 0) is 38.4 Å². The highest BCUT2D eigenvalue weighted by molar-refractivity contribution is 7.80. The molecule has 7 heteroatoms. The number of Topliss-reactive ketones (excluding diaryl/α,β-unsaturated/α-hetero) is 2. The third-order valence-electron chi connectivity index (χ3n) is 10.2. The average Bonchev–Trinajstić information content (AvgIpc) is 3.87. The molecule has 278 valence electrons. The van der Waals surface area contributed by atoms with Crippen molar-refractivity contribution in [2.75, 3.05) is 0 Å². The maximum atomic E-state index is 14.3. The molecule has 0 heterocycles. The van der Waals surface area contributed by atoms with E-state index in [4.69, 9.17) is 12.2 Å². The molecule has 1 fully saturated rings. The maximum absolute atomic E-state index is 14.3. The van der Waals surface area contributed by atoms with Gasteiger partial charge < -0.3 is 10.6 Å². The summed E-state index contributed by atoms with van der Waals surface area (Å²) in [5, 5.41) is 6.23. The van der Waals surface area contributed by atoms with Crippen LogP contribution in [0.3, 0.4) is 0 Å². The molecule has 6 nitrogen and oxygen atoms in total. The van der Waals surface area contributed by atoms with Gasteiger partial charge >= 0.3 is 0 Å². The van der Waals surface area contributed by atoms with Gasteiger partial charge in [-0.2, -0.15) is 0 Å². The first kappa shape index (κ1) is 40.8. The van der Waals surface area contributed by atoms with E-state index >= 15 is 0 Å². The minimum atomic E-state index is -0.751. The lowest BCUT2D eigenvalue weighted by atomic mass is 9.87. The van der Waals surface area contributed by atoms with Gasteiger partial charge in [0.25, 0.3) is 0 Å². The lowest BCUT2D eigenvalue weighted by Gasteiger charge is -2.27. The predicted octanol–water partition coefficient (Wildman–Crippen LogP) is 8.49. The molecule has 0 bridgehead atoms. The standard InChI is InChI=1S/C45H58N2O4S/c1-31(2)25-39(46-43(50)36(22-21-33-15-9-6-10-16-33)29-38(52)28-35-19-13-8-14-20-35)41(48)30-37(27-34-17-11-7-12-18-34)44(51)47-40(26-32(3)4)42(49)45(5)23-24-45/h6-20,31-32,36-37,39-40H,21-30H2,1-5H3,(H,46,50)(H,47,51)/t36?,37-,39+,40+/m1/s1. The Bertz CT molecular complexity index is 1620. The molecule has 0 spiro atoms. The molecule has 0 radical (unpaired) electrons. The van der Waals surface area contributed by atoms with E-state index in [1.165, 1.54) is 0 Å². The van der Waals surface area contributed by atoms with Crippen molar-refractivity contribution >= 4 is 40.5 Å². The van der Waals surface area contributed by atoms with Crippen molar-refractivity contribution in [1.29, 1.82) is 0 Å². The fourth-order valence-electron chi connectivity index (χ4n) is 6.90. The smallest absolute Gasteiger partial charge is 0.224 e. The van der Waals surface area contributed by atoms with Crippen molar-refractivity contribution in [3.05, 3.63) is 108 Å². The van der Waals surface area contributed by atoms with Crippen molar-refractivity contribution < 1.29 is 19.2 Å². The summed E-state index contributed by atoms with van der Waals surface area (Å²) < 4.78 is 0. The van der Waals surface area contributed by atoms with Crippen molar-refractivity contribution in [3.63, 3.8) is 0 Å². The molecule has 2 amide bonds. The molecule has 3 aromatic carbocycles. The van der Waals surface area contributed by atoms with E-state index in [2.05, 4.69) is 22.8 Å². The second kappa shape index (κ2) is 19.8. The third-order valence-corrected chi connectivity index (χ3v) is 10.5. The zero-order valence-corrected chi connectivity index (χ0v) is 32.6. The molecular formula is C45H58N2O4S. The first-order chi connectivity index (χ1) is 24.8. The van der Waals surface area contributed by atoms with Crippen molar-refractivity contribution in [1.82, 2.24) is 10.6 Å². The Morgan fingerprint density at radius 2 is 1.13 bits per heavy atom. The molecule has 52 heavy (non-hydrogen) atoms. The number of carbonyl (C=O) groups is 4. The summed E-state index contributed by atoms with van der Waals surface area (Å²) in [5.41, 5.74) is 2.80. The normalized spacial score (nSPS) is 15.7. The highest BCUT2D eigenvalue weighted by Crippen LogP contribution is 2.47. The number of ketones is 2. The monoisotopic (exact) mass is 722 g/mol. The third kappa shape index (κ3) is 13.2. The van der Waals surface area contributed by atoms with E-state index < -0.39 is 23.9 Å². The number of hydrogen-bond donors (Lipinski definition) is 2. The van der Waals surface area contributed by atoms with Crippen molar-refractivity contribution in [3.8, 4) is 0 Å². The second-order valence-corrected chi connectivity index (χ2v) is 16.6. The molecule has 1 aliphatic carbocycles. The minimum absolute atomic E-state index is 0.0423. The van der Waals surface area contributed by atoms with Gasteiger partial charge in [-0.15, -0.1) is 0 Å². The lowest BCUT2D eigenvalue weighted by Crippen LogP contribution is -2.49. The van der Waals surface area contributed by atoms with Crippen LogP contribution in [0.4, 0.5) is 0 Å². The van der Waals surface area contributed by atoms with Gasteiger partial charge in [-0.1, -0.05) is 138 Å². The molecule has 0 aliphatic heterocycles. The van der Waals surface area contributed by atoms with Gasteiger partial charge in [0.15, 0.2) is 11.6 Å². The number of hydrogen-bond acceptors (Lipinski definition) is 5. The number of carbonyl (C=O) groups excluding carboxylic acids is 4. The fraction of sp³-hybridized carbons (Fsp3) is 0.489. The summed E-state index contributed by atoms with van der Waals surface area (Å²) in [6.45, 7) is 10.1. The van der Waals surface area contributed by atoms with Crippen LogP contribution in [0.5, 0.6) is 0 Å². The van der Waals surface area contributed by atoms with Crippen LogP contribution in [0, 0.1) is 29.1 Å². The first-order valence-electron chi connectivity index (χ1n) is 19.1. The largest absolute Gasteiger partial charge is 0.346 e. The highest BCUT2D eigenvalue weighted by atomic mass is 32.1. The number of rotatable bonds is 22. The van der Waals surface area contributed by atoms with Crippen LogP contribution in [0.25, 0.3) is 0 Å². The zero-order valence-electron chi connectivity index (χ0n) is 31.7. The number of aryl methyl sites for hydroxylation is 1. The van der Waals surface area contributed by atoms with Gasteiger partial charge in [0, 0.05) is 30.1 Å². The molecule has 4 atom stereocenters. The first-order valence-corrected chi connectivity index (χ1v) is 19.5. The Morgan fingerprint density at radius 3 is 1.67 bits per heavy atom. The van der Waals surface area contributed by atoms with Crippen molar-refractivity contribution in [2.45, 2.75) is 111 Å². The summed E-state index contributed by atoms with van der Waals surface area (Å²) in [7, 11) is 0. The van der Waals surface area contributed by atoms with Crippen LogP contribution in [-0.4, -0.2) is 40.3 Å². The molecule has 2 N–H and O–H groups in total. The van der Waals surface area contributed by atoms with Crippen LogP contribution in [0.2, 0.25) is 0 Å². The van der Waals surface area contributed by atoms with E-state index in [1.54, 1.807) is 0 Å². The Hall–Kier alpha value is -3.97. The summed E-state index contributed by atoms with van der Waals surface area (Å²) in [6.07, 6.45) is 5.34. The van der Waals surface area contributed by atoms with E-state index in [0.29, 0.717) is 44.9 Å². The Morgan fingerprint density at radius 1 is 0.654 bits per heavy atom. The van der Waals surface area contributed by atoms with Gasteiger partial charge in [0.1, 0.15) is 0 Å². The number of thiocarbonyl (C=S) groups is 1. The van der Waals surface area contributed by atoms with E-state index in [1.807, 2.05) is 113 Å². The number of benzene rings is 3. The van der Waals surface area contributed by atoms with Crippen LogP contribution >= 0.6 is 12.2 Å². The average molecular weight is 723 g/mol. The Labute approximate surface area is 316 Å².